The van der Waals surface area contributed by atoms with Crippen LogP contribution in [0.3, 0.4) is 0 Å². The first kappa shape index (κ1) is 14.0. The molecule has 2 rings (SSSR count). The summed E-state index contributed by atoms with van der Waals surface area (Å²) in [5, 5.41) is 3.29. The zero-order valence-corrected chi connectivity index (χ0v) is 11.3. The molecule has 0 bridgehead atoms. The van der Waals surface area contributed by atoms with E-state index in [1.54, 1.807) is 24.3 Å². The molecule has 0 aliphatic carbocycles. The second-order valence-corrected chi connectivity index (χ2v) is 4.73. The first-order chi connectivity index (χ1) is 9.27. The normalized spacial score (nSPS) is 16.3. The fourth-order valence-corrected chi connectivity index (χ4v) is 2.15. The highest BCUT2D eigenvalue weighted by Crippen LogP contribution is 2.12. The number of pyridine rings is 1. The highest BCUT2D eigenvalue weighted by atomic mass is 16.5. The van der Waals surface area contributed by atoms with Crippen molar-refractivity contribution in [3.05, 3.63) is 24.5 Å². The first-order valence-corrected chi connectivity index (χ1v) is 6.76. The van der Waals surface area contributed by atoms with E-state index in [1.807, 2.05) is 12.1 Å². The average Bonchev–Trinajstić information content (AvgIpc) is 2.48. The maximum atomic E-state index is 12.0. The minimum Gasteiger partial charge on any atom is -0.378 e. The van der Waals surface area contributed by atoms with E-state index in [2.05, 4.69) is 10.3 Å². The lowest BCUT2D eigenvalue weighted by atomic mass is 10.1. The highest BCUT2D eigenvalue weighted by Gasteiger charge is 2.15. The van der Waals surface area contributed by atoms with E-state index in [1.165, 1.54) is 0 Å². The van der Waals surface area contributed by atoms with Crippen molar-refractivity contribution in [2.45, 2.75) is 25.4 Å². The third kappa shape index (κ3) is 4.29. The SMILES string of the molecule is CN(C(=O)CCOC1CCNCC1)c1ccncc1. The van der Waals surface area contributed by atoms with E-state index in [9.17, 15) is 4.79 Å². The van der Waals surface area contributed by atoms with Gasteiger partial charge < -0.3 is 15.0 Å². The number of carbonyl (C=O) groups excluding carboxylic acids is 1. The number of nitrogens with one attached hydrogen (secondary N) is 1. The van der Waals surface area contributed by atoms with Crippen LogP contribution in [0.1, 0.15) is 19.3 Å². The average molecular weight is 263 g/mol. The van der Waals surface area contributed by atoms with Crippen LogP contribution in [0.15, 0.2) is 24.5 Å². The fraction of sp³-hybridized carbons (Fsp3) is 0.571. The molecule has 0 saturated carbocycles. The molecule has 1 aromatic rings. The zero-order chi connectivity index (χ0) is 13.5. The van der Waals surface area contributed by atoms with Crippen molar-refractivity contribution in [3.63, 3.8) is 0 Å². The molecule has 5 heteroatoms. The Morgan fingerprint density at radius 2 is 2.11 bits per heavy atom. The van der Waals surface area contributed by atoms with Crippen LogP contribution in [0.4, 0.5) is 5.69 Å². The first-order valence-electron chi connectivity index (χ1n) is 6.76. The van der Waals surface area contributed by atoms with E-state index in [-0.39, 0.29) is 5.91 Å². The van der Waals surface area contributed by atoms with Gasteiger partial charge in [0, 0.05) is 25.1 Å². The maximum absolute atomic E-state index is 12.0. The molecule has 19 heavy (non-hydrogen) atoms. The molecule has 1 N–H and O–H groups in total. The summed E-state index contributed by atoms with van der Waals surface area (Å²) >= 11 is 0. The summed E-state index contributed by atoms with van der Waals surface area (Å²) in [6.45, 7) is 2.52. The molecule has 0 unspecified atom stereocenters. The molecule has 0 spiro atoms. The Hall–Kier alpha value is -1.46. The van der Waals surface area contributed by atoms with Gasteiger partial charge in [0.15, 0.2) is 0 Å². The summed E-state index contributed by atoms with van der Waals surface area (Å²) in [5.41, 5.74) is 0.863. The van der Waals surface area contributed by atoms with Crippen LogP contribution in [0.25, 0.3) is 0 Å². The minimum atomic E-state index is 0.0696. The van der Waals surface area contributed by atoms with Gasteiger partial charge in [0.1, 0.15) is 0 Å². The lowest BCUT2D eigenvalue weighted by molar-refractivity contribution is -0.120. The van der Waals surface area contributed by atoms with Crippen molar-refractivity contribution in [1.82, 2.24) is 10.3 Å². The van der Waals surface area contributed by atoms with Crippen molar-refractivity contribution >= 4 is 11.6 Å². The molecule has 0 aromatic carbocycles. The molecule has 1 aliphatic rings. The van der Waals surface area contributed by atoms with Crippen molar-refractivity contribution in [2.24, 2.45) is 0 Å². The molecule has 0 atom stereocenters. The van der Waals surface area contributed by atoms with E-state index in [0.29, 0.717) is 19.1 Å². The molecule has 0 radical (unpaired) electrons. The number of hydrogen-bond acceptors (Lipinski definition) is 4. The van der Waals surface area contributed by atoms with Crippen LogP contribution in [-0.2, 0) is 9.53 Å². The summed E-state index contributed by atoms with van der Waals surface area (Å²) in [7, 11) is 1.78. The Balaban J connectivity index is 1.72. The Morgan fingerprint density at radius 3 is 2.79 bits per heavy atom. The van der Waals surface area contributed by atoms with Crippen molar-refractivity contribution in [2.75, 3.05) is 31.6 Å². The fourth-order valence-electron chi connectivity index (χ4n) is 2.15. The Kier molecular flexibility index (Phi) is 5.30. The van der Waals surface area contributed by atoms with Gasteiger partial charge >= 0.3 is 0 Å². The van der Waals surface area contributed by atoms with Gasteiger partial charge in [0.05, 0.1) is 19.1 Å². The van der Waals surface area contributed by atoms with E-state index in [0.717, 1.165) is 31.6 Å². The number of rotatable bonds is 5. The van der Waals surface area contributed by atoms with Crippen LogP contribution >= 0.6 is 0 Å². The molecule has 1 amide bonds. The summed E-state index contributed by atoms with van der Waals surface area (Å²) in [6.07, 6.45) is 6.17. The van der Waals surface area contributed by atoms with Gasteiger partial charge in [-0.3, -0.25) is 9.78 Å². The lowest BCUT2D eigenvalue weighted by Gasteiger charge is -2.23. The van der Waals surface area contributed by atoms with Gasteiger partial charge in [0.25, 0.3) is 0 Å². The number of aromatic nitrogens is 1. The molecule has 1 saturated heterocycles. The summed E-state index contributed by atoms with van der Waals surface area (Å²) < 4.78 is 5.74. The van der Waals surface area contributed by atoms with Gasteiger partial charge in [-0.2, -0.15) is 0 Å². The molecule has 1 aliphatic heterocycles. The Bertz CT molecular complexity index is 391. The molecule has 2 heterocycles. The highest BCUT2D eigenvalue weighted by molar-refractivity contribution is 5.92. The predicted octanol–water partition coefficient (Wildman–Crippen LogP) is 1.20. The smallest absolute Gasteiger partial charge is 0.229 e. The summed E-state index contributed by atoms with van der Waals surface area (Å²) in [5.74, 6) is 0.0696. The molecule has 1 fully saturated rings. The van der Waals surface area contributed by atoms with E-state index >= 15 is 0 Å². The number of amides is 1. The van der Waals surface area contributed by atoms with Gasteiger partial charge in [-0.05, 0) is 38.1 Å². The molecular weight excluding hydrogens is 242 g/mol. The van der Waals surface area contributed by atoms with Crippen LogP contribution in [0, 0.1) is 0 Å². The van der Waals surface area contributed by atoms with Gasteiger partial charge in [-0.15, -0.1) is 0 Å². The Labute approximate surface area is 114 Å². The molecule has 5 nitrogen and oxygen atoms in total. The van der Waals surface area contributed by atoms with Crippen LogP contribution in [-0.4, -0.2) is 43.7 Å². The third-order valence-corrected chi connectivity index (χ3v) is 3.38. The summed E-state index contributed by atoms with van der Waals surface area (Å²) in [4.78, 5) is 17.6. The van der Waals surface area contributed by atoms with Crippen LogP contribution in [0.5, 0.6) is 0 Å². The zero-order valence-electron chi connectivity index (χ0n) is 11.3. The molecule has 104 valence electrons. The number of nitrogens with zero attached hydrogens (tertiary/aromatic N) is 2. The van der Waals surface area contributed by atoms with Gasteiger partial charge in [-0.1, -0.05) is 0 Å². The minimum absolute atomic E-state index is 0.0696. The number of piperidine rings is 1. The van der Waals surface area contributed by atoms with Crippen molar-refractivity contribution in [3.8, 4) is 0 Å². The topological polar surface area (TPSA) is 54.5 Å². The number of anilines is 1. The van der Waals surface area contributed by atoms with E-state index in [4.69, 9.17) is 4.74 Å². The largest absolute Gasteiger partial charge is 0.378 e. The number of ether oxygens (including phenoxy) is 1. The molecular formula is C14H21N3O2. The molecule has 1 aromatic heterocycles. The van der Waals surface area contributed by atoms with Crippen molar-refractivity contribution in [1.29, 1.82) is 0 Å². The quantitative estimate of drug-likeness (QED) is 0.867. The Morgan fingerprint density at radius 1 is 1.42 bits per heavy atom. The third-order valence-electron chi connectivity index (χ3n) is 3.38. The lowest BCUT2D eigenvalue weighted by Crippen LogP contribution is -2.33. The maximum Gasteiger partial charge on any atom is 0.229 e. The van der Waals surface area contributed by atoms with E-state index < -0.39 is 0 Å². The van der Waals surface area contributed by atoms with Crippen LogP contribution in [0.2, 0.25) is 0 Å². The number of hydrogen-bond donors (Lipinski definition) is 1. The number of carbonyl (C=O) groups is 1. The second kappa shape index (κ2) is 7.21. The van der Waals surface area contributed by atoms with Gasteiger partial charge in [-0.25, -0.2) is 0 Å². The summed E-state index contributed by atoms with van der Waals surface area (Å²) in [6, 6.07) is 3.65. The predicted molar refractivity (Wildman–Crippen MR) is 74.1 cm³/mol. The van der Waals surface area contributed by atoms with Crippen molar-refractivity contribution < 1.29 is 9.53 Å². The monoisotopic (exact) mass is 263 g/mol. The van der Waals surface area contributed by atoms with Gasteiger partial charge in [0.2, 0.25) is 5.91 Å². The second-order valence-electron chi connectivity index (χ2n) is 4.73. The van der Waals surface area contributed by atoms with Crippen LogP contribution < -0.4 is 10.2 Å². The standard InChI is InChI=1S/C14H21N3O2/c1-17(12-2-7-15-8-3-12)14(18)6-11-19-13-4-9-16-10-5-13/h2-3,7-8,13,16H,4-6,9-11H2,1H3.